The maximum absolute atomic E-state index is 11.9. The van der Waals surface area contributed by atoms with Gasteiger partial charge in [-0.2, -0.15) is 0 Å². The number of urea groups is 1. The van der Waals surface area contributed by atoms with Crippen LogP contribution in [0.4, 0.5) is 10.5 Å². The van der Waals surface area contributed by atoms with Crippen molar-refractivity contribution < 1.29 is 9.59 Å². The first kappa shape index (κ1) is 12.7. The standard InChI is InChI=1S/C14H16N4O2/c1-3-17-6-4-10-8-11(9(2)15-13(10)17)18-7-5-12(19)16-14(18)20/h4,6,8H,3,5,7H2,1-2H3,(H,16,19,20). The third kappa shape index (κ3) is 1.93. The van der Waals surface area contributed by atoms with Gasteiger partial charge in [-0.3, -0.25) is 15.0 Å². The zero-order valence-corrected chi connectivity index (χ0v) is 11.5. The van der Waals surface area contributed by atoms with Gasteiger partial charge in [0, 0.05) is 31.1 Å². The lowest BCUT2D eigenvalue weighted by molar-refractivity contribution is -0.120. The average molecular weight is 272 g/mol. The van der Waals surface area contributed by atoms with Crippen molar-refractivity contribution in [1.29, 1.82) is 0 Å². The number of amides is 3. The summed E-state index contributed by atoms with van der Waals surface area (Å²) in [7, 11) is 0. The molecule has 2 aromatic heterocycles. The van der Waals surface area contributed by atoms with Crippen LogP contribution in [0.1, 0.15) is 19.0 Å². The number of carbonyl (C=O) groups excluding carboxylic acids is 2. The highest BCUT2D eigenvalue weighted by molar-refractivity contribution is 6.06. The van der Waals surface area contributed by atoms with Gasteiger partial charge in [-0.25, -0.2) is 9.78 Å². The number of rotatable bonds is 2. The molecule has 6 nitrogen and oxygen atoms in total. The van der Waals surface area contributed by atoms with Crippen molar-refractivity contribution >= 4 is 28.7 Å². The summed E-state index contributed by atoms with van der Waals surface area (Å²) in [6.07, 6.45) is 2.31. The highest BCUT2D eigenvalue weighted by atomic mass is 16.2. The van der Waals surface area contributed by atoms with Crippen molar-refractivity contribution in [2.75, 3.05) is 11.4 Å². The summed E-state index contributed by atoms with van der Waals surface area (Å²) in [4.78, 5) is 29.3. The van der Waals surface area contributed by atoms with E-state index < -0.39 is 0 Å². The summed E-state index contributed by atoms with van der Waals surface area (Å²) in [5, 5.41) is 3.33. The second-order valence-corrected chi connectivity index (χ2v) is 4.86. The van der Waals surface area contributed by atoms with E-state index in [1.807, 2.05) is 25.3 Å². The van der Waals surface area contributed by atoms with Crippen LogP contribution in [0.5, 0.6) is 0 Å². The number of nitrogens with one attached hydrogen (secondary N) is 1. The van der Waals surface area contributed by atoms with E-state index in [9.17, 15) is 9.59 Å². The minimum Gasteiger partial charge on any atom is -0.333 e. The number of aromatic nitrogens is 2. The molecule has 3 rings (SSSR count). The number of imide groups is 1. The van der Waals surface area contributed by atoms with E-state index in [1.165, 1.54) is 0 Å². The summed E-state index contributed by atoms with van der Waals surface area (Å²) in [5.74, 6) is -0.227. The molecule has 3 amide bonds. The fourth-order valence-corrected chi connectivity index (χ4v) is 2.51. The molecule has 1 aliphatic rings. The number of fused-ring (bicyclic) bond motifs is 1. The maximum Gasteiger partial charge on any atom is 0.328 e. The van der Waals surface area contributed by atoms with Gasteiger partial charge in [-0.15, -0.1) is 0 Å². The molecule has 1 fully saturated rings. The normalized spacial score (nSPS) is 15.8. The van der Waals surface area contributed by atoms with E-state index >= 15 is 0 Å². The first-order chi connectivity index (χ1) is 9.60. The quantitative estimate of drug-likeness (QED) is 0.906. The molecular formula is C14H16N4O2. The van der Waals surface area contributed by atoms with Gasteiger partial charge in [0.25, 0.3) is 0 Å². The average Bonchev–Trinajstić information content (AvgIpc) is 2.80. The largest absolute Gasteiger partial charge is 0.333 e. The number of nitrogens with zero attached hydrogens (tertiary/aromatic N) is 3. The molecule has 1 saturated heterocycles. The molecule has 20 heavy (non-hydrogen) atoms. The van der Waals surface area contributed by atoms with Gasteiger partial charge < -0.3 is 4.57 Å². The number of hydrogen-bond donors (Lipinski definition) is 1. The SMILES string of the molecule is CCn1ccc2cc(N3CCC(=O)NC3=O)c(C)nc21. The predicted octanol–water partition coefficient (Wildman–Crippen LogP) is 1.81. The van der Waals surface area contributed by atoms with Gasteiger partial charge in [0.15, 0.2) is 0 Å². The third-order valence-electron chi connectivity index (χ3n) is 3.59. The van der Waals surface area contributed by atoms with Crippen LogP contribution in [-0.4, -0.2) is 28.0 Å². The Morgan fingerprint density at radius 3 is 2.90 bits per heavy atom. The van der Waals surface area contributed by atoms with Crippen LogP contribution in [0.25, 0.3) is 11.0 Å². The highest BCUT2D eigenvalue weighted by Gasteiger charge is 2.26. The van der Waals surface area contributed by atoms with Crippen LogP contribution in [0.3, 0.4) is 0 Å². The highest BCUT2D eigenvalue weighted by Crippen LogP contribution is 2.26. The van der Waals surface area contributed by atoms with E-state index in [-0.39, 0.29) is 11.9 Å². The van der Waals surface area contributed by atoms with Crippen molar-refractivity contribution in [3.63, 3.8) is 0 Å². The van der Waals surface area contributed by atoms with Crippen LogP contribution in [0.15, 0.2) is 18.3 Å². The number of anilines is 1. The number of carbonyl (C=O) groups is 2. The van der Waals surface area contributed by atoms with Crippen molar-refractivity contribution in [2.45, 2.75) is 26.8 Å². The van der Waals surface area contributed by atoms with Gasteiger partial charge in [0.2, 0.25) is 5.91 Å². The Hall–Kier alpha value is -2.37. The fraction of sp³-hybridized carbons (Fsp3) is 0.357. The second-order valence-electron chi connectivity index (χ2n) is 4.86. The molecule has 0 aromatic carbocycles. The Balaban J connectivity index is 2.05. The molecule has 0 spiro atoms. The van der Waals surface area contributed by atoms with Gasteiger partial charge in [-0.1, -0.05) is 0 Å². The predicted molar refractivity (Wildman–Crippen MR) is 75.6 cm³/mol. The van der Waals surface area contributed by atoms with E-state index in [1.54, 1.807) is 4.90 Å². The number of pyridine rings is 1. The van der Waals surface area contributed by atoms with Gasteiger partial charge >= 0.3 is 6.03 Å². The third-order valence-corrected chi connectivity index (χ3v) is 3.59. The lowest BCUT2D eigenvalue weighted by atomic mass is 10.2. The first-order valence-electron chi connectivity index (χ1n) is 6.68. The van der Waals surface area contributed by atoms with E-state index in [4.69, 9.17) is 0 Å². The fourth-order valence-electron chi connectivity index (χ4n) is 2.51. The van der Waals surface area contributed by atoms with E-state index in [0.29, 0.717) is 13.0 Å². The molecule has 0 aliphatic carbocycles. The smallest absolute Gasteiger partial charge is 0.328 e. The Morgan fingerprint density at radius 1 is 1.40 bits per heavy atom. The summed E-state index contributed by atoms with van der Waals surface area (Å²) >= 11 is 0. The van der Waals surface area contributed by atoms with Crippen molar-refractivity contribution in [1.82, 2.24) is 14.9 Å². The minimum absolute atomic E-state index is 0.227. The molecule has 6 heteroatoms. The molecular weight excluding hydrogens is 256 g/mol. The van der Waals surface area contributed by atoms with Crippen molar-refractivity contribution in [3.8, 4) is 0 Å². The Labute approximate surface area is 116 Å². The Morgan fingerprint density at radius 2 is 2.20 bits per heavy atom. The lowest BCUT2D eigenvalue weighted by Crippen LogP contribution is -2.49. The van der Waals surface area contributed by atoms with Crippen LogP contribution >= 0.6 is 0 Å². The molecule has 0 unspecified atom stereocenters. The zero-order valence-electron chi connectivity index (χ0n) is 11.5. The number of aryl methyl sites for hydroxylation is 2. The van der Waals surface area contributed by atoms with Crippen LogP contribution in [-0.2, 0) is 11.3 Å². The molecule has 104 valence electrons. The summed E-state index contributed by atoms with van der Waals surface area (Å²) in [6, 6.07) is 3.57. The molecule has 0 bridgehead atoms. The maximum atomic E-state index is 11.9. The molecule has 3 heterocycles. The topological polar surface area (TPSA) is 67.2 Å². The summed E-state index contributed by atoms with van der Waals surface area (Å²) in [6.45, 7) is 5.20. The zero-order chi connectivity index (χ0) is 14.3. The molecule has 1 N–H and O–H groups in total. The number of hydrogen-bond acceptors (Lipinski definition) is 3. The van der Waals surface area contributed by atoms with Crippen LogP contribution < -0.4 is 10.2 Å². The van der Waals surface area contributed by atoms with Crippen molar-refractivity contribution in [2.24, 2.45) is 0 Å². The molecule has 1 aliphatic heterocycles. The molecule has 2 aromatic rings. The minimum atomic E-state index is -0.375. The van der Waals surface area contributed by atoms with Gasteiger partial charge in [0.05, 0.1) is 11.4 Å². The summed E-state index contributed by atoms with van der Waals surface area (Å²) < 4.78 is 2.06. The first-order valence-corrected chi connectivity index (χ1v) is 6.68. The monoisotopic (exact) mass is 272 g/mol. The molecule has 0 saturated carbocycles. The lowest BCUT2D eigenvalue weighted by Gasteiger charge is -2.27. The van der Waals surface area contributed by atoms with Crippen molar-refractivity contribution in [3.05, 3.63) is 24.0 Å². The Kier molecular flexibility index (Phi) is 2.93. The molecule has 0 atom stereocenters. The second kappa shape index (κ2) is 4.63. The Bertz CT molecular complexity index is 705. The van der Waals surface area contributed by atoms with Gasteiger partial charge in [0.1, 0.15) is 5.65 Å². The summed E-state index contributed by atoms with van der Waals surface area (Å²) in [5.41, 5.74) is 2.47. The van der Waals surface area contributed by atoms with E-state index in [2.05, 4.69) is 21.8 Å². The molecule has 0 radical (unpaired) electrons. The van der Waals surface area contributed by atoms with Crippen LogP contribution in [0, 0.1) is 6.92 Å². The van der Waals surface area contributed by atoms with Crippen LogP contribution in [0.2, 0.25) is 0 Å². The van der Waals surface area contributed by atoms with E-state index in [0.717, 1.165) is 29.0 Å². The van der Waals surface area contributed by atoms with Gasteiger partial charge in [-0.05, 0) is 26.0 Å².